The highest BCUT2D eigenvalue weighted by Crippen LogP contribution is 2.23. The van der Waals surface area contributed by atoms with E-state index in [1.165, 1.54) is 6.07 Å². The Kier molecular flexibility index (Phi) is 5.52. The van der Waals surface area contributed by atoms with Crippen LogP contribution in [-0.2, 0) is 0 Å². The average Bonchev–Trinajstić information content (AvgIpc) is 2.48. The van der Waals surface area contributed by atoms with Gasteiger partial charge in [-0.2, -0.15) is 0 Å². The molecule has 0 radical (unpaired) electrons. The van der Waals surface area contributed by atoms with Gasteiger partial charge in [0.1, 0.15) is 17.7 Å². The Hall–Kier alpha value is -2.18. The molecular formula is C16H15ClF2N2O2. The van der Waals surface area contributed by atoms with Crippen molar-refractivity contribution < 1.29 is 18.7 Å². The fraction of sp³-hybridized carbons (Fsp3) is 0.188. The number of rotatable bonds is 4. The minimum absolute atomic E-state index is 0.354. The minimum Gasteiger partial charge on any atom is -0.386 e. The number of benzene rings is 2. The summed E-state index contributed by atoms with van der Waals surface area (Å²) in [6.45, 7) is 1.50. The maximum absolute atomic E-state index is 13.5. The zero-order valence-corrected chi connectivity index (χ0v) is 13.0. The highest BCUT2D eigenvalue weighted by atomic mass is 35.5. The molecule has 2 aromatic rings. The first-order valence-corrected chi connectivity index (χ1v) is 7.19. The van der Waals surface area contributed by atoms with Crippen LogP contribution in [0.2, 0.25) is 5.02 Å². The van der Waals surface area contributed by atoms with Gasteiger partial charge in [0.15, 0.2) is 0 Å². The van der Waals surface area contributed by atoms with Crippen LogP contribution < -0.4 is 10.6 Å². The van der Waals surface area contributed by atoms with Gasteiger partial charge in [-0.1, -0.05) is 23.7 Å². The van der Waals surface area contributed by atoms with Gasteiger partial charge in [0.05, 0.1) is 16.3 Å². The number of hydrogen-bond donors (Lipinski definition) is 3. The summed E-state index contributed by atoms with van der Waals surface area (Å²) in [6, 6.07) is 7.70. The van der Waals surface area contributed by atoms with Crippen LogP contribution in [0.1, 0.15) is 17.2 Å². The molecule has 23 heavy (non-hydrogen) atoms. The van der Waals surface area contributed by atoms with Crippen LogP contribution in [0, 0.1) is 18.6 Å². The monoisotopic (exact) mass is 340 g/mol. The molecule has 2 aromatic carbocycles. The van der Waals surface area contributed by atoms with Gasteiger partial charge >= 0.3 is 6.03 Å². The van der Waals surface area contributed by atoms with E-state index in [9.17, 15) is 18.7 Å². The smallest absolute Gasteiger partial charge is 0.319 e. The molecule has 122 valence electrons. The molecule has 0 aliphatic heterocycles. The fourth-order valence-corrected chi connectivity index (χ4v) is 2.29. The van der Waals surface area contributed by atoms with Crippen LogP contribution in [-0.4, -0.2) is 17.7 Å². The summed E-state index contributed by atoms with van der Waals surface area (Å²) in [5.41, 5.74) is 0.842. The number of carbonyl (C=O) groups excluding carboxylic acids is 1. The van der Waals surface area contributed by atoms with E-state index in [2.05, 4.69) is 10.6 Å². The lowest BCUT2D eigenvalue weighted by Crippen LogP contribution is -2.33. The largest absolute Gasteiger partial charge is 0.386 e. The molecule has 3 N–H and O–H groups in total. The Bertz CT molecular complexity index is 705. The Balaban J connectivity index is 1.96. The van der Waals surface area contributed by atoms with Gasteiger partial charge < -0.3 is 15.7 Å². The molecule has 0 bridgehead atoms. The number of aliphatic hydroxyl groups is 1. The summed E-state index contributed by atoms with van der Waals surface area (Å²) in [5.74, 6) is -1.75. The normalized spacial score (nSPS) is 11.9. The molecule has 0 aliphatic rings. The molecule has 1 atom stereocenters. The maximum atomic E-state index is 13.5. The molecule has 4 nitrogen and oxygen atoms in total. The van der Waals surface area contributed by atoms with Crippen molar-refractivity contribution in [3.05, 3.63) is 64.2 Å². The van der Waals surface area contributed by atoms with Crippen molar-refractivity contribution in [3.8, 4) is 0 Å². The molecule has 0 saturated heterocycles. The minimum atomic E-state index is -1.50. The summed E-state index contributed by atoms with van der Waals surface area (Å²) < 4.78 is 27.0. The van der Waals surface area contributed by atoms with Crippen molar-refractivity contribution in [2.45, 2.75) is 13.0 Å². The molecule has 0 aromatic heterocycles. The van der Waals surface area contributed by atoms with E-state index < -0.39 is 29.3 Å². The zero-order chi connectivity index (χ0) is 17.0. The van der Waals surface area contributed by atoms with Crippen molar-refractivity contribution in [2.24, 2.45) is 0 Å². The number of carbonyl (C=O) groups is 1. The summed E-state index contributed by atoms with van der Waals surface area (Å²) in [6.07, 6.45) is -1.50. The van der Waals surface area contributed by atoms with Crippen LogP contribution in [0.25, 0.3) is 0 Å². The highest BCUT2D eigenvalue weighted by molar-refractivity contribution is 6.33. The standard InChI is InChI=1S/C16H15ClF2N2O2/c1-9-5-6-13(10(17)7-9)21-16(23)20-8-14(22)15-11(18)3-2-4-12(15)19/h2-7,14,22H,8H2,1H3,(H2,20,21,23). The first-order chi connectivity index (χ1) is 10.9. The number of urea groups is 1. The first kappa shape index (κ1) is 17.2. The SMILES string of the molecule is Cc1ccc(NC(=O)NCC(O)c2c(F)cccc2F)c(Cl)c1. The predicted molar refractivity (Wildman–Crippen MR) is 84.5 cm³/mol. The zero-order valence-electron chi connectivity index (χ0n) is 12.2. The summed E-state index contributed by atoms with van der Waals surface area (Å²) in [7, 11) is 0. The molecule has 1 unspecified atom stereocenters. The van der Waals surface area contributed by atoms with Crippen molar-refractivity contribution in [1.82, 2.24) is 5.32 Å². The van der Waals surface area contributed by atoms with Crippen LogP contribution in [0.5, 0.6) is 0 Å². The van der Waals surface area contributed by atoms with Gasteiger partial charge in [-0.15, -0.1) is 0 Å². The molecule has 2 amide bonds. The maximum Gasteiger partial charge on any atom is 0.319 e. The summed E-state index contributed by atoms with van der Waals surface area (Å²) in [5, 5.41) is 15.0. The number of halogens is 3. The van der Waals surface area contributed by atoms with Crippen molar-refractivity contribution >= 4 is 23.3 Å². The van der Waals surface area contributed by atoms with E-state index in [-0.39, 0.29) is 6.54 Å². The second-order valence-corrected chi connectivity index (χ2v) is 5.38. The Labute approximate surface area is 137 Å². The summed E-state index contributed by atoms with van der Waals surface area (Å²) >= 11 is 5.98. The third-order valence-corrected chi connectivity index (χ3v) is 3.47. The van der Waals surface area contributed by atoms with Crippen LogP contribution >= 0.6 is 11.6 Å². The average molecular weight is 341 g/mol. The molecule has 0 aliphatic carbocycles. The molecule has 0 heterocycles. The second-order valence-electron chi connectivity index (χ2n) is 4.97. The van der Waals surface area contributed by atoms with E-state index in [0.29, 0.717) is 10.7 Å². The van der Waals surface area contributed by atoms with Gasteiger partial charge in [0, 0.05) is 6.54 Å². The van der Waals surface area contributed by atoms with Crippen molar-refractivity contribution in [2.75, 3.05) is 11.9 Å². The molecule has 7 heteroatoms. The lowest BCUT2D eigenvalue weighted by atomic mass is 10.1. The van der Waals surface area contributed by atoms with Gasteiger partial charge in [-0.25, -0.2) is 13.6 Å². The van der Waals surface area contributed by atoms with E-state index >= 15 is 0 Å². The molecular weight excluding hydrogens is 326 g/mol. The lowest BCUT2D eigenvalue weighted by molar-refractivity contribution is 0.166. The van der Waals surface area contributed by atoms with E-state index in [4.69, 9.17) is 11.6 Å². The number of aliphatic hydroxyl groups excluding tert-OH is 1. The third kappa shape index (κ3) is 4.40. The highest BCUT2D eigenvalue weighted by Gasteiger charge is 2.18. The van der Waals surface area contributed by atoms with Gasteiger partial charge in [0.2, 0.25) is 0 Å². The van der Waals surface area contributed by atoms with E-state index in [0.717, 1.165) is 17.7 Å². The van der Waals surface area contributed by atoms with Crippen LogP contribution in [0.3, 0.4) is 0 Å². The second kappa shape index (κ2) is 7.39. The molecule has 0 fully saturated rings. The first-order valence-electron chi connectivity index (χ1n) is 6.81. The number of aryl methyl sites for hydroxylation is 1. The molecule has 0 spiro atoms. The van der Waals surface area contributed by atoms with Crippen molar-refractivity contribution in [3.63, 3.8) is 0 Å². The fourth-order valence-electron chi connectivity index (χ4n) is 2.01. The van der Waals surface area contributed by atoms with Crippen molar-refractivity contribution in [1.29, 1.82) is 0 Å². The Morgan fingerprint density at radius 1 is 1.26 bits per heavy atom. The van der Waals surface area contributed by atoms with Crippen LogP contribution in [0.15, 0.2) is 36.4 Å². The van der Waals surface area contributed by atoms with Gasteiger partial charge in [-0.05, 0) is 36.8 Å². The van der Waals surface area contributed by atoms with E-state index in [1.807, 2.05) is 6.92 Å². The Morgan fingerprint density at radius 3 is 2.52 bits per heavy atom. The van der Waals surface area contributed by atoms with Gasteiger partial charge in [0.25, 0.3) is 0 Å². The Morgan fingerprint density at radius 2 is 1.91 bits per heavy atom. The van der Waals surface area contributed by atoms with E-state index in [1.54, 1.807) is 18.2 Å². The number of nitrogens with one attached hydrogen (secondary N) is 2. The number of hydrogen-bond acceptors (Lipinski definition) is 2. The third-order valence-electron chi connectivity index (χ3n) is 3.16. The van der Waals surface area contributed by atoms with Gasteiger partial charge in [-0.3, -0.25) is 0 Å². The predicted octanol–water partition coefficient (Wildman–Crippen LogP) is 3.78. The number of anilines is 1. The molecule has 0 saturated carbocycles. The lowest BCUT2D eigenvalue weighted by Gasteiger charge is -2.15. The topological polar surface area (TPSA) is 61.4 Å². The summed E-state index contributed by atoms with van der Waals surface area (Å²) in [4.78, 5) is 11.8. The van der Waals surface area contributed by atoms with Crippen LogP contribution in [0.4, 0.5) is 19.3 Å². The quantitative estimate of drug-likeness (QED) is 0.793. The molecule has 2 rings (SSSR count). The number of amides is 2.